The fraction of sp³-hybridized carbons (Fsp3) is 0.500. The van der Waals surface area contributed by atoms with Crippen molar-refractivity contribution in [2.75, 3.05) is 19.7 Å². The Morgan fingerprint density at radius 1 is 1.24 bits per heavy atom. The predicted octanol–water partition coefficient (Wildman–Crippen LogP) is 0.697. The van der Waals surface area contributed by atoms with E-state index in [2.05, 4.69) is 10.6 Å². The number of carbonyl (C=O) groups excluding carboxylic acids is 3. The van der Waals surface area contributed by atoms with Crippen LogP contribution < -0.4 is 15.4 Å². The van der Waals surface area contributed by atoms with Crippen LogP contribution in [0.1, 0.15) is 26.7 Å². The highest BCUT2D eigenvalue weighted by atomic mass is 16.5. The zero-order valence-electron chi connectivity index (χ0n) is 14.7. The van der Waals surface area contributed by atoms with E-state index in [-0.39, 0.29) is 36.8 Å². The maximum Gasteiger partial charge on any atom is 0.242 e. The van der Waals surface area contributed by atoms with Crippen LogP contribution in [0.4, 0.5) is 0 Å². The van der Waals surface area contributed by atoms with Crippen LogP contribution in [0, 0.1) is 0 Å². The number of rotatable bonds is 7. The molecule has 1 heterocycles. The number of likely N-dealkylation sites (N-methyl/N-ethyl adjacent to an activating group) is 1. The van der Waals surface area contributed by atoms with Crippen molar-refractivity contribution in [1.29, 1.82) is 0 Å². The van der Waals surface area contributed by atoms with Crippen LogP contribution in [0.25, 0.3) is 0 Å². The molecule has 136 valence electrons. The number of likely N-dealkylation sites (tertiary alicyclic amines) is 1. The molecule has 0 bridgehead atoms. The maximum atomic E-state index is 12.1. The van der Waals surface area contributed by atoms with Crippen LogP contribution >= 0.6 is 0 Å². The van der Waals surface area contributed by atoms with Crippen molar-refractivity contribution in [1.82, 2.24) is 15.5 Å². The summed E-state index contributed by atoms with van der Waals surface area (Å²) < 4.78 is 5.50. The average Bonchev–Trinajstić information content (AvgIpc) is 3.00. The highest BCUT2D eigenvalue weighted by Crippen LogP contribution is 2.18. The van der Waals surface area contributed by atoms with E-state index >= 15 is 0 Å². The Morgan fingerprint density at radius 2 is 1.96 bits per heavy atom. The topological polar surface area (TPSA) is 87.7 Å². The fourth-order valence-electron chi connectivity index (χ4n) is 2.91. The first kappa shape index (κ1) is 18.8. The molecule has 2 unspecified atom stereocenters. The normalized spacial score (nSPS) is 19.4. The second-order valence-electron chi connectivity index (χ2n) is 5.99. The van der Waals surface area contributed by atoms with Crippen molar-refractivity contribution in [3.63, 3.8) is 0 Å². The van der Waals surface area contributed by atoms with E-state index in [4.69, 9.17) is 4.74 Å². The molecule has 3 amide bonds. The molecule has 1 aromatic rings. The molecule has 1 saturated heterocycles. The van der Waals surface area contributed by atoms with Gasteiger partial charge in [0.1, 0.15) is 11.8 Å². The van der Waals surface area contributed by atoms with Crippen LogP contribution in [0.15, 0.2) is 30.3 Å². The number of carbonyl (C=O) groups is 3. The maximum absolute atomic E-state index is 12.1. The molecular formula is C18H25N3O4. The molecule has 2 atom stereocenters. The monoisotopic (exact) mass is 347 g/mol. The molecule has 1 aromatic carbocycles. The second kappa shape index (κ2) is 9.05. The van der Waals surface area contributed by atoms with E-state index in [1.165, 1.54) is 11.8 Å². The molecular weight excluding hydrogens is 322 g/mol. The van der Waals surface area contributed by atoms with Crippen molar-refractivity contribution in [2.45, 2.75) is 38.8 Å². The Hall–Kier alpha value is -2.57. The van der Waals surface area contributed by atoms with Gasteiger partial charge in [0.2, 0.25) is 17.7 Å². The Morgan fingerprint density at radius 3 is 2.60 bits per heavy atom. The molecule has 0 spiro atoms. The van der Waals surface area contributed by atoms with Crippen LogP contribution in [-0.2, 0) is 14.4 Å². The van der Waals surface area contributed by atoms with Crippen molar-refractivity contribution >= 4 is 17.7 Å². The average molecular weight is 347 g/mol. The summed E-state index contributed by atoms with van der Waals surface area (Å²) in [6, 6.07) is 8.54. The summed E-state index contributed by atoms with van der Waals surface area (Å²) in [7, 11) is 0. The van der Waals surface area contributed by atoms with Gasteiger partial charge in [-0.25, -0.2) is 0 Å². The van der Waals surface area contributed by atoms with Gasteiger partial charge in [-0.05, 0) is 25.5 Å². The van der Waals surface area contributed by atoms with E-state index in [9.17, 15) is 14.4 Å². The van der Waals surface area contributed by atoms with Gasteiger partial charge in [0, 0.05) is 26.1 Å². The number of hydrogen-bond donors (Lipinski definition) is 2. The summed E-state index contributed by atoms with van der Waals surface area (Å²) in [5.74, 6) is 0.221. The van der Waals surface area contributed by atoms with Crippen molar-refractivity contribution in [2.24, 2.45) is 0 Å². The van der Waals surface area contributed by atoms with Gasteiger partial charge >= 0.3 is 0 Å². The molecule has 1 fully saturated rings. The number of nitrogens with zero attached hydrogens (tertiary/aromatic N) is 1. The Kier molecular flexibility index (Phi) is 6.80. The first-order valence-corrected chi connectivity index (χ1v) is 8.53. The molecule has 1 aliphatic rings. The molecule has 2 N–H and O–H groups in total. The summed E-state index contributed by atoms with van der Waals surface area (Å²) in [5.41, 5.74) is 0. The lowest BCUT2D eigenvalue weighted by Crippen LogP contribution is -2.45. The van der Waals surface area contributed by atoms with Gasteiger partial charge in [0.15, 0.2) is 0 Å². The largest absolute Gasteiger partial charge is 0.493 e. The first-order chi connectivity index (χ1) is 12.0. The lowest BCUT2D eigenvalue weighted by molar-refractivity contribution is -0.136. The number of hydrogen-bond acceptors (Lipinski definition) is 4. The molecule has 0 aromatic heterocycles. The Labute approximate surface area is 147 Å². The standard InChI is InChI=1S/C18H25N3O4/c1-3-19-18(24)16-11-14(12-21(16)13(2)22)20-17(23)9-10-25-15-7-5-4-6-8-15/h4-8,14,16H,3,9-12H2,1-2H3,(H,19,24)(H,20,23). The quantitative estimate of drug-likeness (QED) is 0.760. The summed E-state index contributed by atoms with van der Waals surface area (Å²) in [5, 5.41) is 5.62. The minimum atomic E-state index is -0.525. The Balaban J connectivity index is 1.80. The van der Waals surface area contributed by atoms with Crippen molar-refractivity contribution in [3.05, 3.63) is 30.3 Å². The molecule has 7 nitrogen and oxygen atoms in total. The van der Waals surface area contributed by atoms with Gasteiger partial charge in [-0.3, -0.25) is 14.4 Å². The second-order valence-corrected chi connectivity index (χ2v) is 5.99. The highest BCUT2D eigenvalue weighted by molar-refractivity contribution is 5.88. The van der Waals surface area contributed by atoms with Crippen LogP contribution in [0.3, 0.4) is 0 Å². The lowest BCUT2D eigenvalue weighted by Gasteiger charge is -2.21. The minimum Gasteiger partial charge on any atom is -0.493 e. The number of ether oxygens (including phenoxy) is 1. The van der Waals surface area contributed by atoms with E-state index in [0.29, 0.717) is 19.5 Å². The van der Waals surface area contributed by atoms with Crippen LogP contribution in [-0.4, -0.2) is 54.4 Å². The van der Waals surface area contributed by atoms with Gasteiger partial charge in [-0.2, -0.15) is 0 Å². The lowest BCUT2D eigenvalue weighted by atomic mass is 10.1. The zero-order chi connectivity index (χ0) is 18.2. The van der Waals surface area contributed by atoms with Crippen LogP contribution in [0.5, 0.6) is 5.75 Å². The van der Waals surface area contributed by atoms with Gasteiger partial charge in [-0.1, -0.05) is 18.2 Å². The SMILES string of the molecule is CCNC(=O)C1CC(NC(=O)CCOc2ccccc2)CN1C(C)=O. The molecule has 25 heavy (non-hydrogen) atoms. The number of nitrogens with one attached hydrogen (secondary N) is 2. The molecule has 2 rings (SSSR count). The summed E-state index contributed by atoms with van der Waals surface area (Å²) >= 11 is 0. The molecule has 0 saturated carbocycles. The highest BCUT2D eigenvalue weighted by Gasteiger charge is 2.38. The molecule has 1 aliphatic heterocycles. The van der Waals surface area contributed by atoms with Crippen molar-refractivity contribution < 1.29 is 19.1 Å². The van der Waals surface area contributed by atoms with Gasteiger partial charge < -0.3 is 20.3 Å². The van der Waals surface area contributed by atoms with E-state index in [1.54, 1.807) is 0 Å². The van der Waals surface area contributed by atoms with E-state index in [1.807, 2.05) is 37.3 Å². The fourth-order valence-corrected chi connectivity index (χ4v) is 2.91. The molecule has 0 aliphatic carbocycles. The zero-order valence-corrected chi connectivity index (χ0v) is 14.7. The summed E-state index contributed by atoms with van der Waals surface area (Å²) in [6.45, 7) is 4.40. The minimum absolute atomic E-state index is 0.152. The number of benzene rings is 1. The van der Waals surface area contributed by atoms with Crippen LogP contribution in [0.2, 0.25) is 0 Å². The third kappa shape index (κ3) is 5.48. The number of para-hydroxylation sites is 1. The Bertz CT molecular complexity index is 606. The summed E-state index contributed by atoms with van der Waals surface area (Å²) in [6.07, 6.45) is 0.647. The van der Waals surface area contributed by atoms with E-state index < -0.39 is 6.04 Å². The van der Waals surface area contributed by atoms with Gasteiger partial charge in [0.25, 0.3) is 0 Å². The smallest absolute Gasteiger partial charge is 0.242 e. The first-order valence-electron chi connectivity index (χ1n) is 8.53. The third-order valence-electron chi connectivity index (χ3n) is 4.07. The molecule has 0 radical (unpaired) electrons. The number of amides is 3. The third-order valence-corrected chi connectivity index (χ3v) is 4.07. The van der Waals surface area contributed by atoms with Gasteiger partial charge in [-0.15, -0.1) is 0 Å². The summed E-state index contributed by atoms with van der Waals surface area (Å²) in [4.78, 5) is 37.4. The van der Waals surface area contributed by atoms with Gasteiger partial charge in [0.05, 0.1) is 13.0 Å². The molecule has 7 heteroatoms. The predicted molar refractivity (Wildman–Crippen MR) is 93.0 cm³/mol. The van der Waals surface area contributed by atoms with E-state index in [0.717, 1.165) is 5.75 Å². The van der Waals surface area contributed by atoms with Crippen molar-refractivity contribution in [3.8, 4) is 5.75 Å².